The summed E-state index contributed by atoms with van der Waals surface area (Å²) in [6, 6.07) is 8.08. The molecule has 0 aromatic heterocycles. The van der Waals surface area contributed by atoms with Crippen molar-refractivity contribution in [2.24, 2.45) is 0 Å². The quantitative estimate of drug-likeness (QED) is 0.296. The molecule has 0 aliphatic carbocycles. The number of anilines is 1. The largest absolute Gasteiger partial charge is 0.497 e. The lowest BCUT2D eigenvalue weighted by atomic mass is 10.1. The van der Waals surface area contributed by atoms with E-state index in [1.54, 1.807) is 25.1 Å². The minimum absolute atomic E-state index is 0.0640. The number of benzene rings is 2. The minimum atomic E-state index is -0.862. The summed E-state index contributed by atoms with van der Waals surface area (Å²) in [5.74, 6) is -0.244. The van der Waals surface area contributed by atoms with Crippen LogP contribution in [-0.4, -0.2) is 37.6 Å². The van der Waals surface area contributed by atoms with Crippen LogP contribution in [0.15, 0.2) is 36.4 Å². The third-order valence-corrected chi connectivity index (χ3v) is 4.08. The summed E-state index contributed by atoms with van der Waals surface area (Å²) >= 11 is 0. The Hall–Kier alpha value is -3.82. The molecule has 0 bridgehead atoms. The average Bonchev–Trinajstić information content (AvgIpc) is 2.71. The van der Waals surface area contributed by atoms with E-state index in [1.807, 2.05) is 0 Å². The predicted octanol–water partition coefficient (Wildman–Crippen LogP) is 2.23. The molecule has 2 aromatic carbocycles. The lowest BCUT2D eigenvalue weighted by molar-refractivity contribution is -0.384. The summed E-state index contributed by atoms with van der Waals surface area (Å²) in [7, 11) is 3.04. The summed E-state index contributed by atoms with van der Waals surface area (Å²) in [6.45, 7) is 1.19. The Balaban J connectivity index is 1.99. The Bertz CT molecular complexity index is 930. The molecule has 1 atom stereocenters. The monoisotopic (exact) mass is 403 g/mol. The van der Waals surface area contributed by atoms with Crippen molar-refractivity contribution >= 4 is 23.3 Å². The number of non-ortho nitro benzene ring substituents is 1. The number of nitrogen functional groups attached to an aromatic ring is 1. The third kappa shape index (κ3) is 5.34. The van der Waals surface area contributed by atoms with Crippen LogP contribution in [0.5, 0.6) is 11.5 Å². The molecular formula is C19H21N3O7. The van der Waals surface area contributed by atoms with Gasteiger partial charge in [0, 0.05) is 17.7 Å². The zero-order valence-corrected chi connectivity index (χ0v) is 16.1. The van der Waals surface area contributed by atoms with Gasteiger partial charge in [0.2, 0.25) is 0 Å². The van der Waals surface area contributed by atoms with E-state index >= 15 is 0 Å². The van der Waals surface area contributed by atoms with E-state index in [-0.39, 0.29) is 16.9 Å². The van der Waals surface area contributed by atoms with Crippen LogP contribution in [0.4, 0.5) is 11.4 Å². The number of nitro benzene ring substituents is 1. The Morgan fingerprint density at radius 3 is 2.48 bits per heavy atom. The number of ether oxygens (including phenoxy) is 3. The molecule has 29 heavy (non-hydrogen) atoms. The fraction of sp³-hybridized carbons (Fsp3) is 0.263. The Morgan fingerprint density at radius 1 is 1.17 bits per heavy atom. The van der Waals surface area contributed by atoms with Gasteiger partial charge in [0.15, 0.2) is 6.61 Å². The number of esters is 1. The first kappa shape index (κ1) is 21.5. The van der Waals surface area contributed by atoms with Gasteiger partial charge in [-0.3, -0.25) is 14.9 Å². The highest BCUT2D eigenvalue weighted by molar-refractivity contribution is 5.96. The molecule has 0 heterocycles. The first-order chi connectivity index (χ1) is 13.8. The number of amides is 1. The van der Waals surface area contributed by atoms with E-state index in [2.05, 4.69) is 5.32 Å². The van der Waals surface area contributed by atoms with Gasteiger partial charge in [0.05, 0.1) is 36.4 Å². The van der Waals surface area contributed by atoms with Crippen molar-refractivity contribution in [2.45, 2.75) is 13.0 Å². The van der Waals surface area contributed by atoms with Crippen LogP contribution in [0, 0.1) is 10.1 Å². The van der Waals surface area contributed by atoms with Crippen molar-refractivity contribution in [1.29, 1.82) is 0 Å². The van der Waals surface area contributed by atoms with Gasteiger partial charge in [-0.2, -0.15) is 0 Å². The van der Waals surface area contributed by atoms with Gasteiger partial charge < -0.3 is 25.3 Å². The number of hydrogen-bond donors (Lipinski definition) is 2. The maximum atomic E-state index is 12.2. The van der Waals surface area contributed by atoms with Crippen LogP contribution in [0.3, 0.4) is 0 Å². The molecule has 3 N–H and O–H groups in total. The number of carbonyl (C=O) groups excluding carboxylic acids is 2. The van der Waals surface area contributed by atoms with Crippen LogP contribution < -0.4 is 20.5 Å². The van der Waals surface area contributed by atoms with Crippen LogP contribution in [0.25, 0.3) is 0 Å². The van der Waals surface area contributed by atoms with E-state index in [1.165, 1.54) is 20.3 Å². The van der Waals surface area contributed by atoms with Crippen LogP contribution in [0.1, 0.15) is 28.9 Å². The molecule has 2 rings (SSSR count). The molecule has 0 aliphatic rings. The highest BCUT2D eigenvalue weighted by Gasteiger charge is 2.19. The molecule has 0 unspecified atom stereocenters. The van der Waals surface area contributed by atoms with Gasteiger partial charge in [0.25, 0.3) is 11.6 Å². The first-order valence-electron chi connectivity index (χ1n) is 8.49. The van der Waals surface area contributed by atoms with E-state index in [4.69, 9.17) is 19.9 Å². The van der Waals surface area contributed by atoms with Crippen molar-refractivity contribution in [1.82, 2.24) is 5.32 Å². The SMILES string of the molecule is COc1ccc(OC)c([C@H](C)NC(=O)COC(=O)c2ccc([N+](=O)[O-])cc2N)c1. The second kappa shape index (κ2) is 9.40. The predicted molar refractivity (Wildman–Crippen MR) is 104 cm³/mol. The number of nitrogens with two attached hydrogens (primary N) is 1. The number of nitrogens with zero attached hydrogens (tertiary/aromatic N) is 1. The molecule has 2 aromatic rings. The van der Waals surface area contributed by atoms with Gasteiger partial charge in [0.1, 0.15) is 11.5 Å². The Morgan fingerprint density at radius 2 is 1.90 bits per heavy atom. The maximum absolute atomic E-state index is 12.2. The van der Waals surface area contributed by atoms with Gasteiger partial charge >= 0.3 is 5.97 Å². The molecule has 0 spiro atoms. The molecule has 1 amide bonds. The molecule has 0 aliphatic heterocycles. The van der Waals surface area contributed by atoms with E-state index < -0.39 is 29.4 Å². The normalized spacial score (nSPS) is 11.3. The molecule has 0 fully saturated rings. The third-order valence-electron chi connectivity index (χ3n) is 4.08. The molecule has 154 valence electrons. The van der Waals surface area contributed by atoms with Crippen molar-refractivity contribution in [3.63, 3.8) is 0 Å². The fourth-order valence-corrected chi connectivity index (χ4v) is 2.60. The number of hydrogen-bond acceptors (Lipinski definition) is 8. The van der Waals surface area contributed by atoms with Crippen molar-refractivity contribution in [3.8, 4) is 11.5 Å². The molecular weight excluding hydrogens is 382 g/mol. The Labute approximate surface area is 166 Å². The van der Waals surface area contributed by atoms with Gasteiger partial charge in [-0.05, 0) is 31.2 Å². The molecule has 0 saturated heterocycles. The van der Waals surface area contributed by atoms with Crippen LogP contribution >= 0.6 is 0 Å². The van der Waals surface area contributed by atoms with E-state index in [0.717, 1.165) is 12.1 Å². The van der Waals surface area contributed by atoms with Gasteiger partial charge in [-0.25, -0.2) is 4.79 Å². The number of rotatable bonds is 8. The summed E-state index contributed by atoms with van der Waals surface area (Å²) in [6.07, 6.45) is 0. The smallest absolute Gasteiger partial charge is 0.340 e. The first-order valence-corrected chi connectivity index (χ1v) is 8.49. The molecule has 10 heteroatoms. The number of nitrogens with one attached hydrogen (secondary N) is 1. The van der Waals surface area contributed by atoms with Crippen molar-refractivity contribution in [2.75, 3.05) is 26.6 Å². The van der Waals surface area contributed by atoms with Crippen molar-refractivity contribution < 1.29 is 28.7 Å². The molecule has 0 saturated carbocycles. The molecule has 0 radical (unpaired) electrons. The van der Waals surface area contributed by atoms with Crippen LogP contribution in [0.2, 0.25) is 0 Å². The highest BCUT2D eigenvalue weighted by Crippen LogP contribution is 2.29. The highest BCUT2D eigenvalue weighted by atomic mass is 16.6. The Kier molecular flexibility index (Phi) is 6.96. The number of methoxy groups -OCH3 is 2. The second-order valence-electron chi connectivity index (χ2n) is 6.00. The molecule has 10 nitrogen and oxygen atoms in total. The summed E-state index contributed by atoms with van der Waals surface area (Å²) in [5, 5.41) is 13.4. The average molecular weight is 403 g/mol. The zero-order valence-electron chi connectivity index (χ0n) is 16.1. The van der Waals surface area contributed by atoms with Gasteiger partial charge in [-0.15, -0.1) is 0 Å². The lowest BCUT2D eigenvalue weighted by Crippen LogP contribution is -2.31. The van der Waals surface area contributed by atoms with E-state index in [9.17, 15) is 19.7 Å². The standard InChI is InChI=1S/C19H21N3O7/c1-11(15-9-13(27-2)5-7-17(15)28-3)21-18(23)10-29-19(24)14-6-4-12(22(25)26)8-16(14)20/h4-9,11H,10,20H2,1-3H3,(H,21,23)/t11-/m0/s1. The minimum Gasteiger partial charge on any atom is -0.497 e. The lowest BCUT2D eigenvalue weighted by Gasteiger charge is -2.18. The second-order valence-corrected chi connectivity index (χ2v) is 6.00. The summed E-state index contributed by atoms with van der Waals surface area (Å²) in [4.78, 5) is 34.4. The fourth-order valence-electron chi connectivity index (χ4n) is 2.60. The maximum Gasteiger partial charge on any atom is 0.340 e. The van der Waals surface area contributed by atoms with Crippen molar-refractivity contribution in [3.05, 3.63) is 57.6 Å². The topological polar surface area (TPSA) is 143 Å². The van der Waals surface area contributed by atoms with E-state index in [0.29, 0.717) is 17.1 Å². The van der Waals surface area contributed by atoms with Gasteiger partial charge in [-0.1, -0.05) is 0 Å². The zero-order chi connectivity index (χ0) is 21.6. The number of nitro groups is 1. The van der Waals surface area contributed by atoms with Crippen LogP contribution in [-0.2, 0) is 9.53 Å². The number of carbonyl (C=O) groups is 2. The summed E-state index contributed by atoms with van der Waals surface area (Å²) in [5.41, 5.74) is 5.91. The summed E-state index contributed by atoms with van der Waals surface area (Å²) < 4.78 is 15.4.